The zero-order valence-electron chi connectivity index (χ0n) is 9.76. The smallest absolute Gasteiger partial charge is 0.186 e. The van der Waals surface area contributed by atoms with E-state index in [0.717, 1.165) is 0 Å². The Kier molecular flexibility index (Phi) is 3.56. The van der Waals surface area contributed by atoms with Gasteiger partial charge in [0, 0.05) is 17.1 Å². The van der Waals surface area contributed by atoms with E-state index in [4.69, 9.17) is 0 Å². The quantitative estimate of drug-likeness (QED) is 0.921. The molecule has 2 rings (SSSR count). The summed E-state index contributed by atoms with van der Waals surface area (Å²) in [5.74, 6) is -0.538. The summed E-state index contributed by atoms with van der Waals surface area (Å²) in [6.45, 7) is 1.54. The molecule has 0 aliphatic rings. The van der Waals surface area contributed by atoms with Crippen molar-refractivity contribution in [2.24, 2.45) is 0 Å². The normalized spacial score (nSPS) is 10.5. The van der Waals surface area contributed by atoms with E-state index in [1.807, 2.05) is 0 Å². The second kappa shape index (κ2) is 4.97. The number of hydrogen-bond donors (Lipinski definition) is 1. The molecule has 1 heterocycles. The van der Waals surface area contributed by atoms with Gasteiger partial charge in [-0.3, -0.25) is 0 Å². The molecular formula is C12H10BrF2N3. The van der Waals surface area contributed by atoms with Crippen molar-refractivity contribution in [3.8, 4) is 11.4 Å². The van der Waals surface area contributed by atoms with E-state index in [1.54, 1.807) is 13.1 Å². The van der Waals surface area contributed by atoms with E-state index in [0.29, 0.717) is 10.0 Å². The van der Waals surface area contributed by atoms with Gasteiger partial charge in [0.25, 0.3) is 0 Å². The third-order valence-corrected chi connectivity index (χ3v) is 2.83. The summed E-state index contributed by atoms with van der Waals surface area (Å²) in [6.07, 6.45) is 0. The molecule has 0 atom stereocenters. The molecule has 1 aromatic heterocycles. The van der Waals surface area contributed by atoms with Crippen LogP contribution in [0.15, 0.2) is 22.7 Å². The largest absolute Gasteiger partial charge is 0.371 e. The maximum Gasteiger partial charge on any atom is 0.186 e. The minimum atomic E-state index is -0.503. The van der Waals surface area contributed by atoms with Gasteiger partial charge in [0.1, 0.15) is 5.82 Å². The molecule has 2 aromatic rings. The van der Waals surface area contributed by atoms with E-state index >= 15 is 0 Å². The van der Waals surface area contributed by atoms with Crippen molar-refractivity contribution in [2.45, 2.75) is 6.92 Å². The Balaban J connectivity index is 2.60. The standard InChI is InChI=1S/C12H10BrF2N3/c1-6-10(15)12(16-2)18-11(17-6)7-3-8(13)5-9(14)4-7/h3-5H,1-2H3,(H,16,17,18). The number of anilines is 1. The van der Waals surface area contributed by atoms with Gasteiger partial charge in [0.05, 0.1) is 5.69 Å². The average molecular weight is 314 g/mol. The molecule has 0 spiro atoms. The highest BCUT2D eigenvalue weighted by Gasteiger charge is 2.12. The van der Waals surface area contributed by atoms with Crippen molar-refractivity contribution in [1.82, 2.24) is 9.97 Å². The van der Waals surface area contributed by atoms with Crippen LogP contribution in [0.3, 0.4) is 0 Å². The first-order chi connectivity index (χ1) is 8.51. The van der Waals surface area contributed by atoms with Crippen LogP contribution in [0.5, 0.6) is 0 Å². The van der Waals surface area contributed by atoms with Gasteiger partial charge in [-0.25, -0.2) is 18.7 Å². The summed E-state index contributed by atoms with van der Waals surface area (Å²) in [5, 5.41) is 2.64. The van der Waals surface area contributed by atoms with Crippen molar-refractivity contribution in [2.75, 3.05) is 12.4 Å². The van der Waals surface area contributed by atoms with E-state index in [9.17, 15) is 8.78 Å². The van der Waals surface area contributed by atoms with Crippen LogP contribution in [0.2, 0.25) is 0 Å². The summed E-state index contributed by atoms with van der Waals surface area (Å²) < 4.78 is 27.5. The Morgan fingerprint density at radius 3 is 2.50 bits per heavy atom. The molecule has 18 heavy (non-hydrogen) atoms. The number of benzene rings is 1. The second-order valence-corrected chi connectivity index (χ2v) is 4.62. The summed E-state index contributed by atoms with van der Waals surface area (Å²) in [6, 6.07) is 4.31. The van der Waals surface area contributed by atoms with Crippen LogP contribution in [0.4, 0.5) is 14.6 Å². The lowest BCUT2D eigenvalue weighted by Crippen LogP contribution is -2.03. The lowest BCUT2D eigenvalue weighted by molar-refractivity contribution is 0.607. The summed E-state index contributed by atoms with van der Waals surface area (Å²) in [4.78, 5) is 8.04. The van der Waals surface area contributed by atoms with Crippen LogP contribution in [-0.4, -0.2) is 17.0 Å². The van der Waals surface area contributed by atoms with Gasteiger partial charge < -0.3 is 5.32 Å². The first-order valence-corrected chi connectivity index (χ1v) is 5.99. The zero-order chi connectivity index (χ0) is 13.3. The third-order valence-electron chi connectivity index (χ3n) is 2.37. The molecule has 1 aromatic carbocycles. The summed E-state index contributed by atoms with van der Waals surface area (Å²) in [7, 11) is 1.57. The molecule has 0 saturated carbocycles. The fourth-order valence-corrected chi connectivity index (χ4v) is 2.00. The Hall–Kier alpha value is -1.56. The van der Waals surface area contributed by atoms with Crippen molar-refractivity contribution in [1.29, 1.82) is 0 Å². The highest BCUT2D eigenvalue weighted by molar-refractivity contribution is 9.10. The van der Waals surface area contributed by atoms with E-state index in [2.05, 4.69) is 31.2 Å². The summed E-state index contributed by atoms with van der Waals surface area (Å²) in [5.41, 5.74) is 0.700. The minimum Gasteiger partial charge on any atom is -0.371 e. The monoisotopic (exact) mass is 313 g/mol. The Morgan fingerprint density at radius 2 is 1.89 bits per heavy atom. The van der Waals surface area contributed by atoms with E-state index < -0.39 is 11.6 Å². The molecule has 0 saturated heterocycles. The van der Waals surface area contributed by atoms with Crippen molar-refractivity contribution in [3.05, 3.63) is 40.0 Å². The lowest BCUT2D eigenvalue weighted by atomic mass is 10.2. The van der Waals surface area contributed by atoms with Crippen LogP contribution in [0, 0.1) is 18.6 Å². The number of nitrogens with one attached hydrogen (secondary N) is 1. The first-order valence-electron chi connectivity index (χ1n) is 5.19. The number of halogens is 3. The molecule has 94 valence electrons. The minimum absolute atomic E-state index is 0.0953. The Bertz CT molecular complexity index is 582. The van der Waals surface area contributed by atoms with Gasteiger partial charge in [-0.1, -0.05) is 15.9 Å². The predicted octanol–water partition coefficient (Wildman–Crippen LogP) is 3.53. The van der Waals surface area contributed by atoms with E-state index in [-0.39, 0.29) is 17.3 Å². The molecule has 1 N–H and O–H groups in total. The van der Waals surface area contributed by atoms with Gasteiger partial charge in [-0.2, -0.15) is 0 Å². The lowest BCUT2D eigenvalue weighted by Gasteiger charge is -2.07. The molecule has 3 nitrogen and oxygen atoms in total. The van der Waals surface area contributed by atoms with Crippen LogP contribution in [0.25, 0.3) is 11.4 Å². The predicted molar refractivity (Wildman–Crippen MR) is 69.4 cm³/mol. The van der Waals surface area contributed by atoms with Gasteiger partial charge in [-0.15, -0.1) is 0 Å². The van der Waals surface area contributed by atoms with Crippen molar-refractivity contribution >= 4 is 21.7 Å². The van der Waals surface area contributed by atoms with E-state index in [1.165, 1.54) is 19.1 Å². The molecule has 0 bridgehead atoms. The Labute approximate surface area is 111 Å². The molecular weight excluding hydrogens is 304 g/mol. The van der Waals surface area contributed by atoms with Gasteiger partial charge in [-0.05, 0) is 25.1 Å². The van der Waals surface area contributed by atoms with Gasteiger partial charge >= 0.3 is 0 Å². The topological polar surface area (TPSA) is 37.8 Å². The van der Waals surface area contributed by atoms with Crippen LogP contribution in [0.1, 0.15) is 5.69 Å². The molecule has 0 aliphatic heterocycles. The highest BCUT2D eigenvalue weighted by Crippen LogP contribution is 2.24. The molecule has 0 amide bonds. The third kappa shape index (κ3) is 2.48. The Morgan fingerprint density at radius 1 is 1.17 bits per heavy atom. The maximum atomic E-state index is 13.6. The highest BCUT2D eigenvalue weighted by atomic mass is 79.9. The van der Waals surface area contributed by atoms with Gasteiger partial charge in [0.15, 0.2) is 17.5 Å². The average Bonchev–Trinajstić information content (AvgIpc) is 2.31. The number of rotatable bonds is 2. The van der Waals surface area contributed by atoms with Crippen LogP contribution >= 0.6 is 15.9 Å². The van der Waals surface area contributed by atoms with Crippen LogP contribution < -0.4 is 5.32 Å². The molecule has 0 fully saturated rings. The SMILES string of the molecule is CNc1nc(-c2cc(F)cc(Br)c2)nc(C)c1F. The molecule has 0 aliphatic carbocycles. The number of aromatic nitrogens is 2. The molecule has 6 heteroatoms. The fourth-order valence-electron chi connectivity index (χ4n) is 1.54. The molecule has 0 radical (unpaired) electrons. The van der Waals surface area contributed by atoms with Crippen molar-refractivity contribution < 1.29 is 8.78 Å². The number of hydrogen-bond acceptors (Lipinski definition) is 3. The zero-order valence-corrected chi connectivity index (χ0v) is 11.3. The van der Waals surface area contributed by atoms with Crippen molar-refractivity contribution in [3.63, 3.8) is 0 Å². The maximum absolute atomic E-state index is 13.6. The first kappa shape index (κ1) is 12.9. The number of aryl methyl sites for hydroxylation is 1. The fraction of sp³-hybridized carbons (Fsp3) is 0.167. The number of nitrogens with zero attached hydrogens (tertiary/aromatic N) is 2. The summed E-state index contributed by atoms with van der Waals surface area (Å²) >= 11 is 3.19. The molecule has 0 unspecified atom stereocenters. The van der Waals surface area contributed by atoms with Gasteiger partial charge in [0.2, 0.25) is 0 Å². The second-order valence-electron chi connectivity index (χ2n) is 3.70. The van der Waals surface area contributed by atoms with Crippen LogP contribution in [-0.2, 0) is 0 Å².